The van der Waals surface area contributed by atoms with Crippen LogP contribution in [0.1, 0.15) is 48.9 Å². The maximum atomic E-state index is 12.2. The van der Waals surface area contributed by atoms with Crippen molar-refractivity contribution in [1.29, 1.82) is 0 Å². The van der Waals surface area contributed by atoms with Crippen molar-refractivity contribution in [3.8, 4) is 11.5 Å². The number of carbonyl (C=O) groups excluding carboxylic acids is 2. The molecule has 0 amide bonds. The number of aryl methyl sites for hydroxylation is 2. The average Bonchev–Trinajstić information content (AvgIpc) is 3.41. The fraction of sp³-hybridized carbons (Fsp3) is 0.407. The zero-order valence-corrected chi connectivity index (χ0v) is 19.1. The molecule has 5 rings (SSSR count). The molecule has 0 atom stereocenters. The highest BCUT2D eigenvalue weighted by molar-refractivity contribution is 5.96. The molecule has 2 aromatic rings. The predicted molar refractivity (Wildman–Crippen MR) is 123 cm³/mol. The van der Waals surface area contributed by atoms with Gasteiger partial charge in [0.15, 0.2) is 13.2 Å². The van der Waals surface area contributed by atoms with Gasteiger partial charge in [-0.15, -0.1) is 0 Å². The number of hydrogen-bond donors (Lipinski definition) is 0. The van der Waals surface area contributed by atoms with Gasteiger partial charge in [-0.05, 0) is 83.3 Å². The number of rotatable bonds is 0. The van der Waals surface area contributed by atoms with Crippen LogP contribution in [0.2, 0.25) is 0 Å². The van der Waals surface area contributed by atoms with Crippen molar-refractivity contribution in [2.75, 3.05) is 26.4 Å². The number of hydrogen-bond acceptors (Lipinski definition) is 6. The van der Waals surface area contributed by atoms with Crippen LogP contribution < -0.4 is 9.47 Å². The summed E-state index contributed by atoms with van der Waals surface area (Å²) in [4.78, 5) is 24.5. The van der Waals surface area contributed by atoms with Crippen molar-refractivity contribution < 1.29 is 28.5 Å². The maximum absolute atomic E-state index is 12.2. The third-order valence-electron chi connectivity index (χ3n) is 6.43. The molecule has 6 heteroatoms. The van der Waals surface area contributed by atoms with Crippen LogP contribution in [0, 0.1) is 5.41 Å². The Hall–Kier alpha value is -3.28. The van der Waals surface area contributed by atoms with Gasteiger partial charge in [0.1, 0.15) is 11.5 Å². The van der Waals surface area contributed by atoms with E-state index in [9.17, 15) is 9.59 Å². The third kappa shape index (κ3) is 4.61. The number of fused-ring (bicyclic) bond motifs is 2. The van der Waals surface area contributed by atoms with Crippen molar-refractivity contribution in [3.05, 3.63) is 58.7 Å². The van der Waals surface area contributed by atoms with Crippen LogP contribution in [0.5, 0.6) is 11.5 Å². The van der Waals surface area contributed by atoms with Crippen LogP contribution in [-0.2, 0) is 31.9 Å². The van der Waals surface area contributed by atoms with Gasteiger partial charge in [-0.25, -0.2) is 9.59 Å². The molecule has 3 aliphatic rings. The summed E-state index contributed by atoms with van der Waals surface area (Å²) in [5.74, 6) is 0.414. The molecule has 1 aliphatic heterocycles. The summed E-state index contributed by atoms with van der Waals surface area (Å²) in [6, 6.07) is 12.1. The lowest BCUT2D eigenvalue weighted by Crippen LogP contribution is -2.30. The quantitative estimate of drug-likeness (QED) is 0.558. The standard InChI is InChI=1S/C27H28O6/c1-27(2)15-32-25(28)13-30-19-7-3-17-5-9-21(23(17)11-19)22-10-6-18-4-8-20(12-24(18)22)31-14-26(29)33-16-27/h3-4,7-8,11-12H,5-6,9-10,13-16H2,1-2H3/b22-21-. The van der Waals surface area contributed by atoms with E-state index in [1.165, 1.54) is 33.4 Å². The van der Waals surface area contributed by atoms with Gasteiger partial charge < -0.3 is 18.9 Å². The number of benzene rings is 2. The normalized spacial score (nSPS) is 22.2. The number of cyclic esters (lactones) is 2. The van der Waals surface area contributed by atoms with E-state index >= 15 is 0 Å². The van der Waals surface area contributed by atoms with Crippen molar-refractivity contribution in [2.24, 2.45) is 5.41 Å². The molecule has 0 aromatic heterocycles. The first kappa shape index (κ1) is 21.6. The lowest BCUT2D eigenvalue weighted by Gasteiger charge is -2.23. The van der Waals surface area contributed by atoms with Crippen LogP contribution >= 0.6 is 0 Å². The van der Waals surface area contributed by atoms with Crippen molar-refractivity contribution in [2.45, 2.75) is 39.5 Å². The number of allylic oxidation sites excluding steroid dienone is 2. The van der Waals surface area contributed by atoms with Crippen LogP contribution in [0.4, 0.5) is 0 Å². The molecule has 4 bridgehead atoms. The third-order valence-corrected chi connectivity index (χ3v) is 6.43. The van der Waals surface area contributed by atoms with Crippen LogP contribution in [0.3, 0.4) is 0 Å². The Bertz CT molecular complexity index is 1060. The molecule has 2 aliphatic carbocycles. The molecule has 33 heavy (non-hydrogen) atoms. The largest absolute Gasteiger partial charge is 0.482 e. The first-order valence-corrected chi connectivity index (χ1v) is 11.4. The molecule has 2 aromatic carbocycles. The molecule has 0 saturated carbocycles. The molecular formula is C27H28O6. The summed E-state index contributed by atoms with van der Waals surface area (Å²) in [5.41, 5.74) is 7.10. The Morgan fingerprint density at radius 1 is 0.636 bits per heavy atom. The van der Waals surface area contributed by atoms with E-state index in [0.29, 0.717) is 11.5 Å². The van der Waals surface area contributed by atoms with Gasteiger partial charge in [0.25, 0.3) is 0 Å². The molecule has 6 nitrogen and oxygen atoms in total. The molecule has 0 N–H and O–H groups in total. The highest BCUT2D eigenvalue weighted by atomic mass is 16.6. The first-order chi connectivity index (χ1) is 15.9. The van der Waals surface area contributed by atoms with Gasteiger partial charge in [0.05, 0.1) is 13.2 Å². The Balaban J connectivity index is 1.50. The van der Waals surface area contributed by atoms with Crippen molar-refractivity contribution in [1.82, 2.24) is 0 Å². The predicted octanol–water partition coefficient (Wildman–Crippen LogP) is 4.37. The Morgan fingerprint density at radius 2 is 1.09 bits per heavy atom. The van der Waals surface area contributed by atoms with Crippen LogP contribution in [0.25, 0.3) is 11.1 Å². The van der Waals surface area contributed by atoms with Gasteiger partial charge in [-0.2, -0.15) is 0 Å². The minimum atomic E-state index is -0.525. The van der Waals surface area contributed by atoms with E-state index in [1.807, 2.05) is 38.1 Å². The maximum Gasteiger partial charge on any atom is 0.344 e. The fourth-order valence-corrected chi connectivity index (χ4v) is 4.67. The second-order valence-corrected chi connectivity index (χ2v) is 9.66. The molecular weight excluding hydrogens is 420 g/mol. The number of ether oxygens (including phenoxy) is 4. The van der Waals surface area contributed by atoms with E-state index in [4.69, 9.17) is 18.9 Å². The van der Waals surface area contributed by atoms with E-state index in [-0.39, 0.29) is 26.4 Å². The zero-order valence-electron chi connectivity index (χ0n) is 19.1. The molecule has 0 unspecified atom stereocenters. The van der Waals surface area contributed by atoms with E-state index in [1.54, 1.807) is 0 Å². The molecule has 0 saturated heterocycles. The molecule has 1 heterocycles. The summed E-state index contributed by atoms with van der Waals surface area (Å²) in [6.07, 6.45) is 3.93. The van der Waals surface area contributed by atoms with Gasteiger partial charge in [0.2, 0.25) is 0 Å². The number of esters is 2. The van der Waals surface area contributed by atoms with Crippen LogP contribution in [0.15, 0.2) is 36.4 Å². The lowest BCUT2D eigenvalue weighted by atomic mass is 9.96. The Labute approximate surface area is 193 Å². The van der Waals surface area contributed by atoms with Crippen molar-refractivity contribution >= 4 is 23.1 Å². The highest BCUT2D eigenvalue weighted by Gasteiger charge is 2.27. The topological polar surface area (TPSA) is 71.1 Å². The van der Waals surface area contributed by atoms with Crippen molar-refractivity contribution in [3.63, 3.8) is 0 Å². The smallest absolute Gasteiger partial charge is 0.344 e. The number of carbonyl (C=O) groups is 2. The highest BCUT2D eigenvalue weighted by Crippen LogP contribution is 2.45. The van der Waals surface area contributed by atoms with E-state index in [2.05, 4.69) is 12.1 Å². The lowest BCUT2D eigenvalue weighted by molar-refractivity contribution is -0.155. The second-order valence-electron chi connectivity index (χ2n) is 9.66. The second kappa shape index (κ2) is 8.58. The van der Waals surface area contributed by atoms with E-state index in [0.717, 1.165) is 25.7 Å². The Morgan fingerprint density at radius 3 is 1.55 bits per heavy atom. The van der Waals surface area contributed by atoms with Gasteiger partial charge in [-0.1, -0.05) is 26.0 Å². The summed E-state index contributed by atoms with van der Waals surface area (Å²) >= 11 is 0. The summed E-state index contributed by atoms with van der Waals surface area (Å²) in [7, 11) is 0. The minimum Gasteiger partial charge on any atom is -0.482 e. The van der Waals surface area contributed by atoms with Gasteiger partial charge in [-0.3, -0.25) is 0 Å². The SMILES string of the molecule is CC1(C)COC(=O)COc2ccc3c(c2)/C(=C2/CCc4ccc(cc42)OCC(=O)OC1)CC3. The minimum absolute atomic E-state index is 0.120. The monoisotopic (exact) mass is 448 g/mol. The summed E-state index contributed by atoms with van der Waals surface area (Å²) < 4.78 is 22.3. The van der Waals surface area contributed by atoms with Gasteiger partial charge in [0, 0.05) is 5.41 Å². The average molecular weight is 449 g/mol. The first-order valence-electron chi connectivity index (χ1n) is 11.4. The van der Waals surface area contributed by atoms with E-state index < -0.39 is 17.4 Å². The molecule has 0 spiro atoms. The van der Waals surface area contributed by atoms with Gasteiger partial charge >= 0.3 is 11.9 Å². The van der Waals surface area contributed by atoms with Crippen LogP contribution in [-0.4, -0.2) is 38.4 Å². The zero-order chi connectivity index (χ0) is 23.0. The Kier molecular flexibility index (Phi) is 5.60. The molecule has 172 valence electrons. The fourth-order valence-electron chi connectivity index (χ4n) is 4.67. The summed E-state index contributed by atoms with van der Waals surface area (Å²) in [5, 5.41) is 0. The molecule has 0 radical (unpaired) electrons. The summed E-state index contributed by atoms with van der Waals surface area (Å²) in [6.45, 7) is 3.64. The molecule has 0 fully saturated rings.